The third-order valence-electron chi connectivity index (χ3n) is 3.02. The zero-order chi connectivity index (χ0) is 14.5. The molecule has 104 valence electrons. The molecule has 0 radical (unpaired) electrons. The molecule has 1 amide bonds. The SMILES string of the molecule is CC(Cc1ccc(Br)cc1)Nc1cccc(C(N)=O)c1. The Hall–Kier alpha value is -1.81. The number of halogens is 1. The third-order valence-corrected chi connectivity index (χ3v) is 3.54. The first kappa shape index (κ1) is 14.6. The van der Waals surface area contributed by atoms with E-state index in [-0.39, 0.29) is 6.04 Å². The maximum Gasteiger partial charge on any atom is 0.248 e. The summed E-state index contributed by atoms with van der Waals surface area (Å²) >= 11 is 3.43. The molecule has 3 N–H and O–H groups in total. The van der Waals surface area contributed by atoms with Crippen LogP contribution < -0.4 is 11.1 Å². The number of amides is 1. The monoisotopic (exact) mass is 332 g/mol. The van der Waals surface area contributed by atoms with Crippen LogP contribution in [0.25, 0.3) is 0 Å². The van der Waals surface area contributed by atoms with Crippen LogP contribution in [0.15, 0.2) is 53.0 Å². The molecule has 4 heteroatoms. The molecule has 2 rings (SSSR count). The smallest absolute Gasteiger partial charge is 0.248 e. The highest BCUT2D eigenvalue weighted by molar-refractivity contribution is 9.10. The van der Waals surface area contributed by atoms with Crippen molar-refractivity contribution in [2.45, 2.75) is 19.4 Å². The van der Waals surface area contributed by atoms with E-state index in [4.69, 9.17) is 5.73 Å². The van der Waals surface area contributed by atoms with Crippen molar-refractivity contribution < 1.29 is 4.79 Å². The summed E-state index contributed by atoms with van der Waals surface area (Å²) in [5.74, 6) is -0.408. The molecule has 1 atom stereocenters. The minimum Gasteiger partial charge on any atom is -0.382 e. The second kappa shape index (κ2) is 6.57. The molecule has 0 heterocycles. The standard InChI is InChI=1S/C16H17BrN2O/c1-11(9-12-5-7-14(17)8-6-12)19-15-4-2-3-13(10-15)16(18)20/h2-8,10-11,19H,9H2,1H3,(H2,18,20). The Balaban J connectivity index is 2.00. The third kappa shape index (κ3) is 4.10. The van der Waals surface area contributed by atoms with Gasteiger partial charge in [-0.1, -0.05) is 34.1 Å². The highest BCUT2D eigenvalue weighted by atomic mass is 79.9. The number of rotatable bonds is 5. The first-order valence-electron chi connectivity index (χ1n) is 6.45. The number of nitrogens with two attached hydrogens (primary N) is 1. The van der Waals surface area contributed by atoms with Crippen LogP contribution >= 0.6 is 15.9 Å². The van der Waals surface area contributed by atoms with Crippen LogP contribution in [0.2, 0.25) is 0 Å². The van der Waals surface area contributed by atoms with Crippen molar-refractivity contribution >= 4 is 27.5 Å². The molecule has 0 aliphatic carbocycles. The lowest BCUT2D eigenvalue weighted by molar-refractivity contribution is 0.100. The van der Waals surface area contributed by atoms with Crippen LogP contribution in [0, 0.1) is 0 Å². The van der Waals surface area contributed by atoms with Crippen LogP contribution in [0.3, 0.4) is 0 Å². The van der Waals surface area contributed by atoms with Crippen LogP contribution in [0.5, 0.6) is 0 Å². The van der Waals surface area contributed by atoms with Crippen molar-refractivity contribution in [2.75, 3.05) is 5.32 Å². The lowest BCUT2D eigenvalue weighted by atomic mass is 10.1. The summed E-state index contributed by atoms with van der Waals surface area (Å²) in [5, 5.41) is 3.38. The number of hydrogen-bond donors (Lipinski definition) is 2. The van der Waals surface area contributed by atoms with Crippen molar-refractivity contribution in [1.29, 1.82) is 0 Å². The zero-order valence-electron chi connectivity index (χ0n) is 11.3. The Kier molecular flexibility index (Phi) is 4.79. The van der Waals surface area contributed by atoms with Gasteiger partial charge in [-0.3, -0.25) is 4.79 Å². The Morgan fingerprint density at radius 2 is 1.95 bits per heavy atom. The van der Waals surface area contributed by atoms with Gasteiger partial charge in [0.15, 0.2) is 0 Å². The first-order chi connectivity index (χ1) is 9.54. The highest BCUT2D eigenvalue weighted by Gasteiger charge is 2.06. The number of benzene rings is 2. The fourth-order valence-corrected chi connectivity index (χ4v) is 2.34. The van der Waals surface area contributed by atoms with Crippen molar-refractivity contribution in [3.8, 4) is 0 Å². The van der Waals surface area contributed by atoms with Crippen molar-refractivity contribution in [3.05, 3.63) is 64.1 Å². The molecule has 0 saturated carbocycles. The van der Waals surface area contributed by atoms with E-state index in [9.17, 15) is 4.79 Å². The first-order valence-corrected chi connectivity index (χ1v) is 7.25. The van der Waals surface area contributed by atoms with Gasteiger partial charge in [-0.25, -0.2) is 0 Å². The maximum atomic E-state index is 11.2. The minimum atomic E-state index is -0.408. The van der Waals surface area contributed by atoms with E-state index in [1.807, 2.05) is 24.3 Å². The summed E-state index contributed by atoms with van der Waals surface area (Å²) in [6.07, 6.45) is 0.911. The Morgan fingerprint density at radius 3 is 2.60 bits per heavy atom. The second-order valence-electron chi connectivity index (χ2n) is 4.82. The van der Waals surface area contributed by atoms with E-state index in [0.717, 1.165) is 16.6 Å². The van der Waals surface area contributed by atoms with Gasteiger partial charge in [-0.2, -0.15) is 0 Å². The molecule has 2 aromatic carbocycles. The number of carbonyl (C=O) groups excluding carboxylic acids is 1. The Morgan fingerprint density at radius 1 is 1.25 bits per heavy atom. The van der Waals surface area contributed by atoms with Crippen LogP contribution in [0.1, 0.15) is 22.8 Å². The number of nitrogens with one attached hydrogen (secondary N) is 1. The quantitative estimate of drug-likeness (QED) is 0.879. The number of primary amides is 1. The van der Waals surface area contributed by atoms with Crippen LogP contribution in [-0.4, -0.2) is 11.9 Å². The molecule has 3 nitrogen and oxygen atoms in total. The molecular formula is C16H17BrN2O. The summed E-state index contributed by atoms with van der Waals surface area (Å²) < 4.78 is 1.08. The van der Waals surface area contributed by atoms with Gasteiger partial charge in [0.25, 0.3) is 0 Å². The van der Waals surface area contributed by atoms with Gasteiger partial charge in [0, 0.05) is 21.8 Å². The molecule has 0 spiro atoms. The summed E-state index contributed by atoms with van der Waals surface area (Å²) in [6, 6.07) is 15.8. The van der Waals surface area contributed by atoms with E-state index >= 15 is 0 Å². The lowest BCUT2D eigenvalue weighted by Gasteiger charge is -2.16. The summed E-state index contributed by atoms with van der Waals surface area (Å²) in [4.78, 5) is 11.2. The molecule has 0 aliphatic rings. The predicted molar refractivity (Wildman–Crippen MR) is 85.9 cm³/mol. The molecule has 20 heavy (non-hydrogen) atoms. The summed E-state index contributed by atoms with van der Waals surface area (Å²) in [6.45, 7) is 2.11. The van der Waals surface area contributed by atoms with Crippen LogP contribution in [0.4, 0.5) is 5.69 Å². The number of hydrogen-bond acceptors (Lipinski definition) is 2. The molecule has 0 fully saturated rings. The van der Waals surface area contributed by atoms with Gasteiger partial charge in [0.05, 0.1) is 0 Å². The molecule has 0 bridgehead atoms. The summed E-state index contributed by atoms with van der Waals surface area (Å²) in [5.41, 5.74) is 7.97. The van der Waals surface area contributed by atoms with Gasteiger partial charge in [-0.05, 0) is 49.2 Å². The molecule has 1 unspecified atom stereocenters. The van der Waals surface area contributed by atoms with E-state index in [2.05, 4.69) is 40.3 Å². The largest absolute Gasteiger partial charge is 0.382 e. The van der Waals surface area contributed by atoms with E-state index in [0.29, 0.717) is 5.56 Å². The van der Waals surface area contributed by atoms with Crippen molar-refractivity contribution in [2.24, 2.45) is 5.73 Å². The van der Waals surface area contributed by atoms with Crippen LogP contribution in [-0.2, 0) is 6.42 Å². The van der Waals surface area contributed by atoms with E-state index < -0.39 is 5.91 Å². The maximum absolute atomic E-state index is 11.2. The molecular weight excluding hydrogens is 316 g/mol. The highest BCUT2D eigenvalue weighted by Crippen LogP contribution is 2.15. The lowest BCUT2D eigenvalue weighted by Crippen LogP contribution is -2.18. The average Bonchev–Trinajstić information content (AvgIpc) is 2.41. The normalized spacial score (nSPS) is 11.9. The van der Waals surface area contributed by atoms with Crippen molar-refractivity contribution in [1.82, 2.24) is 0 Å². The van der Waals surface area contributed by atoms with E-state index in [1.165, 1.54) is 5.56 Å². The van der Waals surface area contributed by atoms with Gasteiger partial charge >= 0.3 is 0 Å². The minimum absolute atomic E-state index is 0.263. The van der Waals surface area contributed by atoms with Gasteiger partial charge < -0.3 is 11.1 Å². The number of carbonyl (C=O) groups is 1. The number of anilines is 1. The molecule has 0 aromatic heterocycles. The molecule has 0 saturated heterocycles. The summed E-state index contributed by atoms with van der Waals surface area (Å²) in [7, 11) is 0. The topological polar surface area (TPSA) is 55.1 Å². The Bertz CT molecular complexity index is 596. The van der Waals surface area contributed by atoms with Gasteiger partial charge in [-0.15, -0.1) is 0 Å². The second-order valence-corrected chi connectivity index (χ2v) is 5.74. The van der Waals surface area contributed by atoms with Gasteiger partial charge in [0.2, 0.25) is 5.91 Å². The fourth-order valence-electron chi connectivity index (χ4n) is 2.07. The Labute approximate surface area is 127 Å². The van der Waals surface area contributed by atoms with Crippen molar-refractivity contribution in [3.63, 3.8) is 0 Å². The predicted octanol–water partition coefficient (Wildman–Crippen LogP) is 3.59. The fraction of sp³-hybridized carbons (Fsp3) is 0.188. The van der Waals surface area contributed by atoms with E-state index in [1.54, 1.807) is 12.1 Å². The average molecular weight is 333 g/mol. The zero-order valence-corrected chi connectivity index (χ0v) is 12.9. The molecule has 2 aromatic rings. The molecule has 0 aliphatic heterocycles. The van der Waals surface area contributed by atoms with Gasteiger partial charge in [0.1, 0.15) is 0 Å².